The van der Waals surface area contributed by atoms with E-state index in [9.17, 15) is 13.2 Å². The van der Waals surface area contributed by atoms with Gasteiger partial charge in [0, 0.05) is 17.1 Å². The summed E-state index contributed by atoms with van der Waals surface area (Å²) in [5.41, 5.74) is -0.403. The number of nitrogens with zero attached hydrogens (tertiary/aromatic N) is 1. The molecule has 24 heavy (non-hydrogen) atoms. The molecule has 130 valence electrons. The van der Waals surface area contributed by atoms with E-state index in [0.29, 0.717) is 12.2 Å². The number of hydrogen-bond donors (Lipinski definition) is 2. The lowest BCUT2D eigenvalue weighted by atomic mass is 10.2. The molecule has 1 heterocycles. The lowest BCUT2D eigenvalue weighted by Crippen LogP contribution is -2.36. The molecule has 8 heteroatoms. The molecule has 0 aliphatic heterocycles. The minimum absolute atomic E-state index is 0.131. The molecule has 0 aliphatic carbocycles. The largest absolute Gasteiger partial charge is 0.416 e. The number of likely N-dealkylation sites (N-methyl/N-ethyl adjacent to an activating group) is 1. The predicted octanol–water partition coefficient (Wildman–Crippen LogP) is 4.36. The fourth-order valence-corrected chi connectivity index (χ4v) is 3.28. The van der Waals surface area contributed by atoms with Crippen LogP contribution < -0.4 is 10.6 Å². The minimum atomic E-state index is -4.37. The zero-order valence-corrected chi connectivity index (χ0v) is 14.9. The molecule has 0 bridgehead atoms. The van der Waals surface area contributed by atoms with Crippen molar-refractivity contribution in [1.29, 1.82) is 0 Å². The molecule has 0 aliphatic rings. The van der Waals surface area contributed by atoms with Crippen molar-refractivity contribution in [2.24, 2.45) is 0 Å². The Kier molecular flexibility index (Phi) is 6.20. The zero-order valence-electron chi connectivity index (χ0n) is 13.2. The summed E-state index contributed by atoms with van der Waals surface area (Å²) in [5.74, 6) is 0. The maximum Gasteiger partial charge on any atom is 0.416 e. The van der Waals surface area contributed by atoms with Crippen LogP contribution in [0.25, 0.3) is 0 Å². The van der Waals surface area contributed by atoms with E-state index in [2.05, 4.69) is 15.5 Å². The average Bonchev–Trinajstić information content (AvgIpc) is 3.00. The van der Waals surface area contributed by atoms with Crippen LogP contribution in [0.15, 0.2) is 41.8 Å². The number of hydrogen-bond acceptors (Lipinski definition) is 3. The molecule has 0 amide bonds. The quantitative estimate of drug-likeness (QED) is 0.762. The van der Waals surface area contributed by atoms with Crippen LogP contribution in [0.3, 0.4) is 0 Å². The molecule has 2 aromatic rings. The highest BCUT2D eigenvalue weighted by atomic mass is 32.1. The van der Waals surface area contributed by atoms with E-state index in [1.807, 2.05) is 31.6 Å². The van der Waals surface area contributed by atoms with Crippen LogP contribution in [0, 0.1) is 0 Å². The molecule has 1 aromatic heterocycles. The van der Waals surface area contributed by atoms with E-state index >= 15 is 0 Å². The topological polar surface area (TPSA) is 27.3 Å². The maximum absolute atomic E-state index is 12.7. The Morgan fingerprint density at radius 2 is 2.00 bits per heavy atom. The zero-order chi connectivity index (χ0) is 17.7. The Hall–Kier alpha value is -1.64. The monoisotopic (exact) mass is 373 g/mol. The molecule has 0 unspecified atom stereocenters. The van der Waals surface area contributed by atoms with Crippen molar-refractivity contribution in [3.8, 4) is 0 Å². The normalized spacial score (nSPS) is 12.9. The minimum Gasteiger partial charge on any atom is -0.360 e. The van der Waals surface area contributed by atoms with Crippen molar-refractivity contribution in [2.45, 2.75) is 12.2 Å². The van der Waals surface area contributed by atoms with Gasteiger partial charge >= 0.3 is 6.18 Å². The second-order valence-electron chi connectivity index (χ2n) is 5.41. The Balaban J connectivity index is 1.96. The summed E-state index contributed by atoms with van der Waals surface area (Å²) in [4.78, 5) is 3.25. The highest BCUT2D eigenvalue weighted by Crippen LogP contribution is 2.30. The smallest absolute Gasteiger partial charge is 0.360 e. The number of anilines is 1. The molecule has 2 rings (SSSR count). The van der Waals surface area contributed by atoms with Crippen molar-refractivity contribution in [3.63, 3.8) is 0 Å². The molecule has 0 saturated heterocycles. The lowest BCUT2D eigenvalue weighted by molar-refractivity contribution is -0.137. The van der Waals surface area contributed by atoms with Gasteiger partial charge in [-0.15, -0.1) is 11.3 Å². The van der Waals surface area contributed by atoms with Crippen LogP contribution in [0.2, 0.25) is 0 Å². The number of rotatable bonds is 5. The molecule has 0 fully saturated rings. The molecule has 1 atom stereocenters. The summed E-state index contributed by atoms with van der Waals surface area (Å²) in [7, 11) is 3.94. The summed E-state index contributed by atoms with van der Waals surface area (Å²) in [6.07, 6.45) is -4.37. The third kappa shape index (κ3) is 5.19. The Bertz CT molecular complexity index is 669. The first-order valence-electron chi connectivity index (χ1n) is 7.19. The third-order valence-corrected chi connectivity index (χ3v) is 4.62. The van der Waals surface area contributed by atoms with Gasteiger partial charge < -0.3 is 15.5 Å². The summed E-state index contributed by atoms with van der Waals surface area (Å²) in [6, 6.07) is 9.12. The van der Waals surface area contributed by atoms with Crippen molar-refractivity contribution in [1.82, 2.24) is 10.2 Å². The van der Waals surface area contributed by atoms with E-state index in [1.165, 1.54) is 10.9 Å². The maximum atomic E-state index is 12.7. The molecule has 3 nitrogen and oxygen atoms in total. The molecule has 1 aromatic carbocycles. The van der Waals surface area contributed by atoms with Gasteiger partial charge in [-0.25, -0.2) is 0 Å². The second kappa shape index (κ2) is 7.96. The van der Waals surface area contributed by atoms with Crippen molar-refractivity contribution in [2.75, 3.05) is 26.0 Å². The van der Waals surface area contributed by atoms with Crippen molar-refractivity contribution >= 4 is 34.4 Å². The molecule has 0 saturated carbocycles. The lowest BCUT2D eigenvalue weighted by Gasteiger charge is -2.24. The van der Waals surface area contributed by atoms with Crippen LogP contribution >= 0.6 is 23.6 Å². The number of nitrogens with one attached hydrogen (secondary N) is 2. The molecular formula is C16H18F3N3S2. The van der Waals surface area contributed by atoms with E-state index in [1.54, 1.807) is 17.4 Å². The van der Waals surface area contributed by atoms with Gasteiger partial charge in [-0.05, 0) is 56.0 Å². The number of benzene rings is 1. The van der Waals surface area contributed by atoms with Gasteiger partial charge in [0.1, 0.15) is 0 Å². The molecular weight excluding hydrogens is 355 g/mol. The van der Waals surface area contributed by atoms with Crippen LogP contribution in [0.4, 0.5) is 18.9 Å². The Morgan fingerprint density at radius 1 is 1.25 bits per heavy atom. The Morgan fingerprint density at radius 3 is 2.58 bits per heavy atom. The SMILES string of the molecule is CN(C)[C@H](CNC(=S)Nc1cccc(C(F)(F)F)c1)c1cccs1. The first-order valence-corrected chi connectivity index (χ1v) is 8.48. The fraction of sp³-hybridized carbons (Fsp3) is 0.312. The van der Waals surface area contributed by atoms with Gasteiger partial charge in [0.25, 0.3) is 0 Å². The van der Waals surface area contributed by atoms with Crippen molar-refractivity contribution in [3.05, 3.63) is 52.2 Å². The second-order valence-corrected chi connectivity index (χ2v) is 6.80. The number of thiophene rings is 1. The van der Waals surface area contributed by atoms with Crippen LogP contribution in [0.1, 0.15) is 16.5 Å². The number of halogens is 3. The predicted molar refractivity (Wildman–Crippen MR) is 96.4 cm³/mol. The van der Waals surface area contributed by atoms with Gasteiger partial charge in [-0.3, -0.25) is 0 Å². The van der Waals surface area contributed by atoms with Crippen LogP contribution in [0.5, 0.6) is 0 Å². The van der Waals surface area contributed by atoms with E-state index in [-0.39, 0.29) is 11.2 Å². The number of alkyl halides is 3. The first kappa shape index (κ1) is 18.7. The molecule has 0 radical (unpaired) electrons. The van der Waals surface area contributed by atoms with Crippen LogP contribution in [-0.4, -0.2) is 30.7 Å². The highest BCUT2D eigenvalue weighted by Gasteiger charge is 2.30. The summed E-state index contributed by atoms with van der Waals surface area (Å²) in [5, 5.41) is 8.16. The van der Waals surface area contributed by atoms with E-state index < -0.39 is 11.7 Å². The Labute approximate surface area is 148 Å². The third-order valence-electron chi connectivity index (χ3n) is 3.40. The molecule has 0 spiro atoms. The van der Waals surface area contributed by atoms with Gasteiger partial charge in [0.2, 0.25) is 0 Å². The first-order chi connectivity index (χ1) is 11.3. The van der Waals surface area contributed by atoms with Crippen LogP contribution in [-0.2, 0) is 6.18 Å². The summed E-state index contributed by atoms with van der Waals surface area (Å²) in [6.45, 7) is 0.554. The summed E-state index contributed by atoms with van der Waals surface area (Å²) < 4.78 is 38.2. The van der Waals surface area contributed by atoms with Crippen molar-refractivity contribution < 1.29 is 13.2 Å². The molecule has 2 N–H and O–H groups in total. The van der Waals surface area contributed by atoms with E-state index in [4.69, 9.17) is 12.2 Å². The van der Waals surface area contributed by atoms with Gasteiger partial charge in [0.15, 0.2) is 5.11 Å². The fourth-order valence-electron chi connectivity index (χ4n) is 2.16. The van der Waals surface area contributed by atoms with Gasteiger partial charge in [-0.2, -0.15) is 13.2 Å². The summed E-state index contributed by atoms with van der Waals surface area (Å²) >= 11 is 6.84. The van der Waals surface area contributed by atoms with Gasteiger partial charge in [0.05, 0.1) is 11.6 Å². The number of thiocarbonyl (C=S) groups is 1. The van der Waals surface area contributed by atoms with E-state index in [0.717, 1.165) is 12.1 Å². The standard InChI is InChI=1S/C16H18F3N3S2/c1-22(2)13(14-7-4-8-24-14)10-20-15(23)21-12-6-3-5-11(9-12)16(17,18)19/h3-9,13H,10H2,1-2H3,(H2,20,21,23)/t13-/m1/s1. The highest BCUT2D eigenvalue weighted by molar-refractivity contribution is 7.80. The van der Waals surface area contributed by atoms with Gasteiger partial charge in [-0.1, -0.05) is 12.1 Å². The average molecular weight is 373 g/mol.